The van der Waals surface area contributed by atoms with E-state index in [1.54, 1.807) is 6.07 Å². The molecule has 1 atom stereocenters. The number of benzene rings is 2. The molecule has 1 N–H and O–H groups in total. The standard InChI is InChI=1S/C14H12ClF2NO2S/c1-9(11-7-6-10(16)8-13(11)17)18-21(19,20)14-5-3-2-4-12(14)15/h2-9,18H,1H3/t9-/m1/s1. The SMILES string of the molecule is C[C@@H](NS(=O)(=O)c1ccccc1Cl)c1ccc(F)cc1F. The van der Waals surface area contributed by atoms with E-state index < -0.39 is 27.7 Å². The highest BCUT2D eigenvalue weighted by Gasteiger charge is 2.22. The van der Waals surface area contributed by atoms with E-state index in [1.807, 2.05) is 0 Å². The minimum Gasteiger partial charge on any atom is -0.207 e. The van der Waals surface area contributed by atoms with Crippen molar-refractivity contribution in [2.75, 3.05) is 0 Å². The van der Waals surface area contributed by atoms with Crippen LogP contribution in [0.4, 0.5) is 8.78 Å². The molecule has 0 fully saturated rings. The molecule has 0 unspecified atom stereocenters. The third-order valence-corrected chi connectivity index (χ3v) is 4.93. The van der Waals surface area contributed by atoms with E-state index in [0.717, 1.165) is 6.07 Å². The first-order chi connectivity index (χ1) is 9.81. The van der Waals surface area contributed by atoms with E-state index in [-0.39, 0.29) is 15.5 Å². The summed E-state index contributed by atoms with van der Waals surface area (Å²) in [6, 6.07) is 8.02. The molecule has 0 saturated heterocycles. The van der Waals surface area contributed by atoms with Gasteiger partial charge in [-0.25, -0.2) is 21.9 Å². The summed E-state index contributed by atoms with van der Waals surface area (Å²) in [5.74, 6) is -1.54. The van der Waals surface area contributed by atoms with Gasteiger partial charge in [-0.3, -0.25) is 0 Å². The Kier molecular flexibility index (Phi) is 4.61. The molecule has 3 nitrogen and oxygen atoms in total. The summed E-state index contributed by atoms with van der Waals surface area (Å²) < 4.78 is 53.3. The number of sulfonamides is 1. The molecule has 2 aromatic rings. The molecule has 0 aliphatic rings. The van der Waals surface area contributed by atoms with E-state index in [4.69, 9.17) is 11.6 Å². The van der Waals surface area contributed by atoms with Crippen LogP contribution in [0.3, 0.4) is 0 Å². The molecule has 0 aromatic heterocycles. The molecule has 7 heteroatoms. The lowest BCUT2D eigenvalue weighted by Gasteiger charge is -2.16. The minimum atomic E-state index is -3.91. The van der Waals surface area contributed by atoms with Gasteiger partial charge in [-0.05, 0) is 25.1 Å². The van der Waals surface area contributed by atoms with Gasteiger partial charge in [0.05, 0.1) is 5.02 Å². The van der Waals surface area contributed by atoms with Crippen LogP contribution in [0.5, 0.6) is 0 Å². The summed E-state index contributed by atoms with van der Waals surface area (Å²) in [5.41, 5.74) is 0.0482. The van der Waals surface area contributed by atoms with Crippen LogP contribution >= 0.6 is 11.6 Å². The van der Waals surface area contributed by atoms with Gasteiger partial charge in [0.25, 0.3) is 0 Å². The fourth-order valence-electron chi connectivity index (χ4n) is 1.88. The second kappa shape index (κ2) is 6.09. The topological polar surface area (TPSA) is 46.2 Å². The normalized spacial score (nSPS) is 13.1. The Morgan fingerprint density at radius 3 is 2.43 bits per heavy atom. The van der Waals surface area contributed by atoms with E-state index in [9.17, 15) is 17.2 Å². The van der Waals surface area contributed by atoms with Gasteiger partial charge >= 0.3 is 0 Å². The fourth-order valence-corrected chi connectivity index (χ4v) is 3.62. The molecular formula is C14H12ClF2NO2S. The van der Waals surface area contributed by atoms with Crippen molar-refractivity contribution in [3.8, 4) is 0 Å². The van der Waals surface area contributed by atoms with Gasteiger partial charge in [-0.15, -0.1) is 0 Å². The summed E-state index contributed by atoms with van der Waals surface area (Å²) in [6.45, 7) is 1.46. The van der Waals surface area contributed by atoms with Crippen LogP contribution in [0.1, 0.15) is 18.5 Å². The Bertz CT molecular complexity index is 765. The third-order valence-electron chi connectivity index (χ3n) is 2.89. The van der Waals surface area contributed by atoms with Gasteiger partial charge in [0.2, 0.25) is 10.0 Å². The maximum absolute atomic E-state index is 13.7. The molecule has 0 spiro atoms. The Labute approximate surface area is 126 Å². The van der Waals surface area contributed by atoms with Crippen molar-refractivity contribution < 1.29 is 17.2 Å². The van der Waals surface area contributed by atoms with Gasteiger partial charge in [0.15, 0.2) is 0 Å². The molecular weight excluding hydrogens is 320 g/mol. The monoisotopic (exact) mass is 331 g/mol. The quantitative estimate of drug-likeness (QED) is 0.929. The van der Waals surface area contributed by atoms with E-state index in [0.29, 0.717) is 6.07 Å². The second-order valence-electron chi connectivity index (χ2n) is 4.44. The van der Waals surface area contributed by atoms with Crippen LogP contribution in [0.25, 0.3) is 0 Å². The highest BCUT2D eigenvalue weighted by Crippen LogP contribution is 2.24. The first-order valence-corrected chi connectivity index (χ1v) is 7.89. The van der Waals surface area contributed by atoms with Crippen LogP contribution < -0.4 is 4.72 Å². The van der Waals surface area contributed by atoms with Crippen LogP contribution in [0, 0.1) is 11.6 Å². The minimum absolute atomic E-state index is 0.0482. The Hall–Kier alpha value is -1.50. The van der Waals surface area contributed by atoms with Crippen molar-refractivity contribution in [3.63, 3.8) is 0 Å². The number of nitrogens with one attached hydrogen (secondary N) is 1. The molecule has 0 aliphatic carbocycles. The lowest BCUT2D eigenvalue weighted by Crippen LogP contribution is -2.27. The molecule has 2 aromatic carbocycles. The highest BCUT2D eigenvalue weighted by molar-refractivity contribution is 7.89. The first kappa shape index (κ1) is 15.9. The summed E-state index contributed by atoms with van der Waals surface area (Å²) in [5, 5.41) is 0.0665. The van der Waals surface area contributed by atoms with Crippen LogP contribution in [0.2, 0.25) is 5.02 Å². The first-order valence-electron chi connectivity index (χ1n) is 6.03. The van der Waals surface area contributed by atoms with E-state index in [2.05, 4.69) is 4.72 Å². The lowest BCUT2D eigenvalue weighted by atomic mass is 10.1. The third kappa shape index (κ3) is 3.58. The lowest BCUT2D eigenvalue weighted by molar-refractivity contribution is 0.540. The van der Waals surface area contributed by atoms with Crippen LogP contribution in [0.15, 0.2) is 47.4 Å². The maximum atomic E-state index is 13.7. The smallest absolute Gasteiger partial charge is 0.207 e. The highest BCUT2D eigenvalue weighted by atomic mass is 35.5. The molecule has 2 rings (SSSR count). The van der Waals surface area contributed by atoms with Crippen molar-refractivity contribution in [2.45, 2.75) is 17.9 Å². The second-order valence-corrected chi connectivity index (χ2v) is 6.53. The zero-order valence-corrected chi connectivity index (χ0v) is 12.5. The summed E-state index contributed by atoms with van der Waals surface area (Å²) in [4.78, 5) is -0.0963. The average molecular weight is 332 g/mol. The van der Waals surface area contributed by atoms with E-state index >= 15 is 0 Å². The van der Waals surface area contributed by atoms with Gasteiger partial charge in [0, 0.05) is 17.7 Å². The van der Waals surface area contributed by atoms with Gasteiger partial charge in [-0.2, -0.15) is 0 Å². The van der Waals surface area contributed by atoms with Gasteiger partial charge in [-0.1, -0.05) is 29.8 Å². The van der Waals surface area contributed by atoms with Crippen molar-refractivity contribution in [1.29, 1.82) is 0 Å². The number of hydrogen-bond donors (Lipinski definition) is 1. The summed E-state index contributed by atoms with van der Waals surface area (Å²) in [6.07, 6.45) is 0. The molecule has 0 heterocycles. The molecule has 0 aliphatic heterocycles. The largest absolute Gasteiger partial charge is 0.242 e. The average Bonchev–Trinajstić information content (AvgIpc) is 2.38. The molecule has 21 heavy (non-hydrogen) atoms. The van der Waals surface area contributed by atoms with E-state index in [1.165, 1.54) is 31.2 Å². The van der Waals surface area contributed by atoms with Gasteiger partial charge < -0.3 is 0 Å². The zero-order valence-electron chi connectivity index (χ0n) is 11.0. The molecule has 0 amide bonds. The predicted octanol–water partition coefficient (Wildman–Crippen LogP) is 3.66. The molecule has 0 radical (unpaired) electrons. The fraction of sp³-hybridized carbons (Fsp3) is 0.143. The Morgan fingerprint density at radius 2 is 1.81 bits per heavy atom. The maximum Gasteiger partial charge on any atom is 0.242 e. The summed E-state index contributed by atoms with van der Waals surface area (Å²) >= 11 is 5.85. The van der Waals surface area contributed by atoms with Crippen LogP contribution in [-0.4, -0.2) is 8.42 Å². The number of rotatable bonds is 4. The Balaban J connectivity index is 2.30. The summed E-state index contributed by atoms with van der Waals surface area (Å²) in [7, 11) is -3.91. The molecule has 0 saturated carbocycles. The van der Waals surface area contributed by atoms with Crippen molar-refractivity contribution in [3.05, 3.63) is 64.7 Å². The number of hydrogen-bond acceptors (Lipinski definition) is 2. The van der Waals surface area contributed by atoms with Gasteiger partial charge in [0.1, 0.15) is 16.5 Å². The predicted molar refractivity (Wildman–Crippen MR) is 76.5 cm³/mol. The van der Waals surface area contributed by atoms with Crippen LogP contribution in [-0.2, 0) is 10.0 Å². The van der Waals surface area contributed by atoms with Crippen molar-refractivity contribution >= 4 is 21.6 Å². The molecule has 112 valence electrons. The molecule has 0 bridgehead atoms. The Morgan fingerprint density at radius 1 is 1.14 bits per heavy atom. The number of halogens is 3. The zero-order chi connectivity index (χ0) is 15.6. The van der Waals surface area contributed by atoms with Crippen molar-refractivity contribution in [1.82, 2.24) is 4.72 Å². The van der Waals surface area contributed by atoms with Crippen molar-refractivity contribution in [2.24, 2.45) is 0 Å².